The SMILES string of the molecule is Cc1cccc(COc2ccc([N+](=O)[O-])cc2C=C2SC(=S)NC2=O)c1. The molecule has 6 nitrogen and oxygen atoms in total. The number of ether oxygens (including phenoxy) is 1. The van der Waals surface area contributed by atoms with E-state index in [9.17, 15) is 14.9 Å². The fraction of sp³-hybridized carbons (Fsp3) is 0.111. The van der Waals surface area contributed by atoms with Crippen LogP contribution < -0.4 is 10.1 Å². The fourth-order valence-electron chi connectivity index (χ4n) is 2.42. The number of hydrogen-bond donors (Lipinski definition) is 1. The first-order valence-corrected chi connectivity index (χ1v) is 8.86. The summed E-state index contributed by atoms with van der Waals surface area (Å²) in [4.78, 5) is 22.8. The molecule has 1 aliphatic heterocycles. The lowest BCUT2D eigenvalue weighted by Crippen LogP contribution is -2.17. The number of thiocarbonyl (C=S) groups is 1. The van der Waals surface area contributed by atoms with Gasteiger partial charge in [0.05, 0.1) is 9.83 Å². The van der Waals surface area contributed by atoms with E-state index in [1.807, 2.05) is 31.2 Å². The Kier molecular flexibility index (Phi) is 5.34. The van der Waals surface area contributed by atoms with Crippen LogP contribution >= 0.6 is 24.0 Å². The van der Waals surface area contributed by atoms with Gasteiger partial charge < -0.3 is 10.1 Å². The topological polar surface area (TPSA) is 81.5 Å². The molecule has 1 aliphatic rings. The summed E-state index contributed by atoms with van der Waals surface area (Å²) >= 11 is 6.08. The number of hydrogen-bond acceptors (Lipinski definition) is 6. The molecular formula is C18H14N2O4S2. The van der Waals surface area contributed by atoms with E-state index < -0.39 is 4.92 Å². The average Bonchev–Trinajstić information content (AvgIpc) is 2.91. The predicted octanol–water partition coefficient (Wildman–Crippen LogP) is 3.97. The van der Waals surface area contributed by atoms with Crippen LogP contribution in [0.5, 0.6) is 5.75 Å². The Morgan fingerprint density at radius 3 is 2.77 bits per heavy atom. The zero-order chi connectivity index (χ0) is 18.7. The van der Waals surface area contributed by atoms with Gasteiger partial charge in [-0.05, 0) is 24.6 Å². The third-order valence-electron chi connectivity index (χ3n) is 3.61. The molecule has 2 aromatic rings. The molecule has 0 aliphatic carbocycles. The van der Waals surface area contributed by atoms with Crippen molar-refractivity contribution < 1.29 is 14.5 Å². The van der Waals surface area contributed by atoms with Crippen LogP contribution in [0.25, 0.3) is 6.08 Å². The second-order valence-corrected chi connectivity index (χ2v) is 7.33. The molecule has 26 heavy (non-hydrogen) atoms. The van der Waals surface area contributed by atoms with Gasteiger partial charge in [-0.2, -0.15) is 0 Å². The lowest BCUT2D eigenvalue weighted by atomic mass is 10.1. The summed E-state index contributed by atoms with van der Waals surface area (Å²) < 4.78 is 6.20. The van der Waals surface area contributed by atoms with Crippen LogP contribution in [0.15, 0.2) is 47.4 Å². The standard InChI is InChI=1S/C18H14N2O4S2/c1-11-3-2-4-12(7-11)10-24-15-6-5-14(20(22)23)8-13(15)9-16-17(21)19-18(25)26-16/h2-9H,10H2,1H3,(H,19,21,25). The number of nitro benzene ring substituents is 1. The molecule has 132 valence electrons. The van der Waals surface area contributed by atoms with E-state index in [4.69, 9.17) is 17.0 Å². The van der Waals surface area contributed by atoms with Crippen molar-refractivity contribution in [3.63, 3.8) is 0 Å². The van der Waals surface area contributed by atoms with Gasteiger partial charge in [0.1, 0.15) is 16.7 Å². The van der Waals surface area contributed by atoms with Crippen molar-refractivity contribution in [3.05, 3.63) is 74.2 Å². The number of nitro groups is 1. The van der Waals surface area contributed by atoms with Crippen molar-refractivity contribution in [1.29, 1.82) is 0 Å². The van der Waals surface area contributed by atoms with Crippen LogP contribution in [0, 0.1) is 17.0 Å². The number of nitrogens with zero attached hydrogens (tertiary/aromatic N) is 1. The van der Waals surface area contributed by atoms with E-state index in [-0.39, 0.29) is 11.6 Å². The van der Waals surface area contributed by atoms with Gasteiger partial charge in [0.25, 0.3) is 11.6 Å². The monoisotopic (exact) mass is 386 g/mol. The molecule has 8 heteroatoms. The van der Waals surface area contributed by atoms with Gasteiger partial charge in [-0.15, -0.1) is 0 Å². The van der Waals surface area contributed by atoms with Crippen LogP contribution in [0.1, 0.15) is 16.7 Å². The van der Waals surface area contributed by atoms with Crippen molar-refractivity contribution in [3.8, 4) is 5.75 Å². The number of benzene rings is 2. The Morgan fingerprint density at radius 1 is 1.31 bits per heavy atom. The maximum Gasteiger partial charge on any atom is 0.270 e. The summed E-state index contributed by atoms with van der Waals surface area (Å²) in [6, 6.07) is 12.2. The summed E-state index contributed by atoms with van der Waals surface area (Å²) in [7, 11) is 0. The number of nitrogens with one attached hydrogen (secondary N) is 1. The minimum absolute atomic E-state index is 0.0780. The van der Waals surface area contributed by atoms with Crippen molar-refractivity contribution >= 4 is 46.0 Å². The minimum Gasteiger partial charge on any atom is -0.488 e. The zero-order valence-corrected chi connectivity index (χ0v) is 15.4. The largest absolute Gasteiger partial charge is 0.488 e. The first-order chi connectivity index (χ1) is 12.4. The van der Waals surface area contributed by atoms with Gasteiger partial charge in [0.2, 0.25) is 0 Å². The van der Waals surface area contributed by atoms with Crippen LogP contribution in [-0.2, 0) is 11.4 Å². The second-order valence-electron chi connectivity index (χ2n) is 5.61. The first-order valence-electron chi connectivity index (χ1n) is 7.64. The van der Waals surface area contributed by atoms with E-state index in [2.05, 4.69) is 5.32 Å². The molecule has 3 rings (SSSR count). The smallest absolute Gasteiger partial charge is 0.270 e. The molecule has 0 spiro atoms. The van der Waals surface area contributed by atoms with Crippen molar-refractivity contribution in [2.45, 2.75) is 13.5 Å². The Bertz CT molecular complexity index is 941. The van der Waals surface area contributed by atoms with E-state index in [0.29, 0.717) is 27.1 Å². The molecule has 0 bridgehead atoms. The highest BCUT2D eigenvalue weighted by Gasteiger charge is 2.23. The molecule has 0 atom stereocenters. The Balaban J connectivity index is 1.91. The Labute approximate surface area is 159 Å². The van der Waals surface area contributed by atoms with Gasteiger partial charge in [0, 0.05) is 17.7 Å². The lowest BCUT2D eigenvalue weighted by Gasteiger charge is -2.10. The number of carbonyl (C=O) groups is 1. The van der Waals surface area contributed by atoms with E-state index in [1.54, 1.807) is 6.08 Å². The molecule has 1 saturated heterocycles. The zero-order valence-electron chi connectivity index (χ0n) is 13.7. The molecule has 0 aromatic heterocycles. The van der Waals surface area contributed by atoms with Gasteiger partial charge in [-0.3, -0.25) is 14.9 Å². The van der Waals surface area contributed by atoms with Crippen LogP contribution in [0.3, 0.4) is 0 Å². The highest BCUT2D eigenvalue weighted by Crippen LogP contribution is 2.32. The third kappa shape index (κ3) is 4.27. The number of non-ortho nitro benzene ring substituents is 1. The second kappa shape index (κ2) is 7.67. The van der Waals surface area contributed by atoms with Gasteiger partial charge in [0.15, 0.2) is 0 Å². The number of amides is 1. The van der Waals surface area contributed by atoms with Crippen molar-refractivity contribution in [2.75, 3.05) is 0 Å². The van der Waals surface area contributed by atoms with Crippen LogP contribution in [-0.4, -0.2) is 15.2 Å². The summed E-state index contributed by atoms with van der Waals surface area (Å²) in [6.07, 6.45) is 1.55. The number of aryl methyl sites for hydroxylation is 1. The average molecular weight is 386 g/mol. The third-order valence-corrected chi connectivity index (χ3v) is 4.77. The van der Waals surface area contributed by atoms with Crippen LogP contribution in [0.4, 0.5) is 5.69 Å². The molecule has 1 fully saturated rings. The molecule has 0 saturated carbocycles. The maximum absolute atomic E-state index is 11.9. The highest BCUT2D eigenvalue weighted by atomic mass is 32.2. The summed E-state index contributed by atoms with van der Waals surface area (Å²) in [6.45, 7) is 2.30. The van der Waals surface area contributed by atoms with Crippen molar-refractivity contribution in [2.24, 2.45) is 0 Å². The number of rotatable bonds is 5. The van der Waals surface area contributed by atoms with E-state index in [0.717, 1.165) is 22.9 Å². The number of carbonyl (C=O) groups excluding carboxylic acids is 1. The fourth-order valence-corrected chi connectivity index (χ4v) is 3.45. The molecule has 1 amide bonds. The number of thioether (sulfide) groups is 1. The first kappa shape index (κ1) is 18.1. The molecule has 1 N–H and O–H groups in total. The summed E-state index contributed by atoms with van der Waals surface area (Å²) in [5.74, 6) is 0.131. The highest BCUT2D eigenvalue weighted by molar-refractivity contribution is 8.26. The summed E-state index contributed by atoms with van der Waals surface area (Å²) in [5, 5.41) is 13.6. The van der Waals surface area contributed by atoms with E-state index in [1.165, 1.54) is 18.2 Å². The van der Waals surface area contributed by atoms with Gasteiger partial charge in [-0.25, -0.2) is 0 Å². The molecule has 0 radical (unpaired) electrons. The molecule has 2 aromatic carbocycles. The predicted molar refractivity (Wildman–Crippen MR) is 105 cm³/mol. The van der Waals surface area contributed by atoms with Crippen molar-refractivity contribution in [1.82, 2.24) is 5.32 Å². The molecule has 1 heterocycles. The maximum atomic E-state index is 11.9. The Hall–Kier alpha value is -2.71. The van der Waals surface area contributed by atoms with Gasteiger partial charge in [-0.1, -0.05) is 53.8 Å². The Morgan fingerprint density at radius 2 is 2.12 bits per heavy atom. The minimum atomic E-state index is -0.487. The van der Waals surface area contributed by atoms with E-state index >= 15 is 0 Å². The van der Waals surface area contributed by atoms with Crippen LogP contribution in [0.2, 0.25) is 0 Å². The quantitative estimate of drug-likeness (QED) is 0.362. The molecule has 0 unspecified atom stereocenters. The lowest BCUT2D eigenvalue weighted by molar-refractivity contribution is -0.384. The van der Waals surface area contributed by atoms with Gasteiger partial charge >= 0.3 is 0 Å². The molecular weight excluding hydrogens is 372 g/mol. The summed E-state index contributed by atoms with van der Waals surface area (Å²) in [5.41, 5.74) is 2.47. The normalized spacial score (nSPS) is 15.2.